The fraction of sp³-hybridized carbons (Fsp3) is 1.00. The molecule has 0 spiro atoms. The molecule has 2 atom stereocenters. The molecular weight excluding hydrogens is 304 g/mol. The molecular formula is C12H26O6S2. The molecule has 0 aromatic heterocycles. The number of rotatable bonds is 11. The van der Waals surface area contributed by atoms with Gasteiger partial charge in [-0.1, -0.05) is 26.2 Å². The molecule has 122 valence electrons. The lowest BCUT2D eigenvalue weighted by Gasteiger charge is -2.23. The van der Waals surface area contributed by atoms with E-state index < -0.39 is 32.4 Å². The van der Waals surface area contributed by atoms with E-state index in [0.717, 1.165) is 19.3 Å². The predicted octanol–water partition coefficient (Wildman–Crippen LogP) is 2.06. The Morgan fingerprint density at radius 3 is 1.80 bits per heavy atom. The van der Waals surface area contributed by atoms with E-state index in [2.05, 4.69) is 0 Å². The van der Waals surface area contributed by atoms with Gasteiger partial charge < -0.3 is 0 Å². The molecule has 0 fully saturated rings. The minimum absolute atomic E-state index is 0.148. The third-order valence-electron chi connectivity index (χ3n) is 2.89. The summed E-state index contributed by atoms with van der Waals surface area (Å²) in [5.41, 5.74) is 0. The van der Waals surface area contributed by atoms with Gasteiger partial charge in [0, 0.05) is 0 Å². The van der Waals surface area contributed by atoms with Crippen LogP contribution in [0.3, 0.4) is 0 Å². The first kappa shape index (κ1) is 19.8. The van der Waals surface area contributed by atoms with Crippen LogP contribution in [0.1, 0.15) is 53.4 Å². The van der Waals surface area contributed by atoms with Gasteiger partial charge in [0.15, 0.2) is 0 Å². The quantitative estimate of drug-likeness (QED) is 0.426. The van der Waals surface area contributed by atoms with Crippen molar-refractivity contribution in [2.75, 3.05) is 11.5 Å². The molecule has 0 radical (unpaired) electrons. The summed E-state index contributed by atoms with van der Waals surface area (Å²) >= 11 is 0. The fourth-order valence-corrected chi connectivity index (χ4v) is 3.06. The van der Waals surface area contributed by atoms with Crippen molar-refractivity contribution >= 4 is 20.2 Å². The molecule has 0 N–H and O–H groups in total. The largest absolute Gasteiger partial charge is 0.267 e. The van der Waals surface area contributed by atoms with Crippen molar-refractivity contribution in [2.45, 2.75) is 65.6 Å². The monoisotopic (exact) mass is 330 g/mol. The molecule has 0 saturated carbocycles. The Morgan fingerprint density at radius 1 is 0.850 bits per heavy atom. The predicted molar refractivity (Wildman–Crippen MR) is 78.5 cm³/mol. The first-order chi connectivity index (χ1) is 9.17. The summed E-state index contributed by atoms with van der Waals surface area (Å²) in [6, 6.07) is 0. The van der Waals surface area contributed by atoms with Gasteiger partial charge in [-0.3, -0.25) is 8.37 Å². The van der Waals surface area contributed by atoms with E-state index >= 15 is 0 Å². The Morgan fingerprint density at radius 2 is 1.35 bits per heavy atom. The molecule has 0 aliphatic rings. The van der Waals surface area contributed by atoms with Crippen LogP contribution >= 0.6 is 0 Å². The zero-order valence-corrected chi connectivity index (χ0v) is 14.3. The van der Waals surface area contributed by atoms with Crippen LogP contribution in [0, 0.1) is 0 Å². The normalized spacial score (nSPS) is 16.0. The van der Waals surface area contributed by atoms with Crippen LogP contribution in [-0.4, -0.2) is 40.5 Å². The molecule has 0 rings (SSSR count). The summed E-state index contributed by atoms with van der Waals surface area (Å²) in [4.78, 5) is 0. The second-order valence-electron chi connectivity index (χ2n) is 4.62. The minimum atomic E-state index is -3.64. The smallest absolute Gasteiger partial charge is 0.264 e. The van der Waals surface area contributed by atoms with E-state index in [9.17, 15) is 16.8 Å². The Hall–Kier alpha value is -0.180. The van der Waals surface area contributed by atoms with Gasteiger partial charge in [-0.05, 0) is 27.2 Å². The zero-order valence-electron chi connectivity index (χ0n) is 12.7. The van der Waals surface area contributed by atoms with Gasteiger partial charge in [0.1, 0.15) is 12.2 Å². The van der Waals surface area contributed by atoms with Crippen molar-refractivity contribution in [3.63, 3.8) is 0 Å². The summed E-state index contributed by atoms with van der Waals surface area (Å²) in [5, 5.41) is 0. The molecule has 20 heavy (non-hydrogen) atoms. The van der Waals surface area contributed by atoms with E-state index in [1.54, 1.807) is 0 Å². The highest BCUT2D eigenvalue weighted by Gasteiger charge is 2.27. The van der Waals surface area contributed by atoms with Crippen LogP contribution in [-0.2, 0) is 28.6 Å². The Labute approximate surface area is 123 Å². The number of hydrogen-bond acceptors (Lipinski definition) is 6. The molecule has 0 saturated heterocycles. The third-order valence-corrected chi connectivity index (χ3v) is 5.44. The Kier molecular flexibility index (Phi) is 8.88. The maximum atomic E-state index is 11.6. The van der Waals surface area contributed by atoms with Crippen molar-refractivity contribution in [2.24, 2.45) is 0 Å². The standard InChI is InChI=1S/C12H26O6S2/c1-5-8-9-10-12(18-20(15,16)7-3)11(4)17-19(13,14)6-2/h11-12H,5-10H2,1-4H3. The average molecular weight is 330 g/mol. The lowest BCUT2D eigenvalue weighted by Crippen LogP contribution is -2.34. The maximum absolute atomic E-state index is 11.6. The number of hydrogen-bond donors (Lipinski definition) is 0. The van der Waals surface area contributed by atoms with Crippen LogP contribution in [0.5, 0.6) is 0 Å². The molecule has 0 aliphatic carbocycles. The van der Waals surface area contributed by atoms with Crippen LogP contribution in [0.25, 0.3) is 0 Å². The van der Waals surface area contributed by atoms with Gasteiger partial charge in [0.05, 0.1) is 11.5 Å². The zero-order chi connectivity index (χ0) is 15.8. The topological polar surface area (TPSA) is 86.7 Å². The van der Waals surface area contributed by atoms with Gasteiger partial charge in [-0.15, -0.1) is 0 Å². The van der Waals surface area contributed by atoms with Gasteiger partial charge >= 0.3 is 0 Å². The summed E-state index contributed by atoms with van der Waals surface area (Å²) in [7, 11) is -7.27. The highest BCUT2D eigenvalue weighted by molar-refractivity contribution is 7.87. The van der Waals surface area contributed by atoms with Crippen LogP contribution in [0.2, 0.25) is 0 Å². The van der Waals surface area contributed by atoms with E-state index in [-0.39, 0.29) is 11.5 Å². The van der Waals surface area contributed by atoms with Crippen LogP contribution in [0.15, 0.2) is 0 Å². The summed E-state index contributed by atoms with van der Waals surface area (Å²) in [6.45, 7) is 6.50. The average Bonchev–Trinajstić information content (AvgIpc) is 2.37. The van der Waals surface area contributed by atoms with Gasteiger partial charge in [-0.25, -0.2) is 0 Å². The highest BCUT2D eigenvalue weighted by Crippen LogP contribution is 2.17. The Bertz CT molecular complexity index is 454. The molecule has 8 heteroatoms. The molecule has 2 unspecified atom stereocenters. The van der Waals surface area contributed by atoms with E-state index in [1.807, 2.05) is 6.92 Å². The highest BCUT2D eigenvalue weighted by atomic mass is 32.2. The first-order valence-electron chi connectivity index (χ1n) is 6.99. The van der Waals surface area contributed by atoms with Crippen molar-refractivity contribution in [3.05, 3.63) is 0 Å². The number of unbranched alkanes of at least 4 members (excludes halogenated alkanes) is 2. The van der Waals surface area contributed by atoms with E-state index in [0.29, 0.717) is 6.42 Å². The van der Waals surface area contributed by atoms with Crippen LogP contribution < -0.4 is 0 Å². The first-order valence-corrected chi connectivity index (χ1v) is 10.1. The van der Waals surface area contributed by atoms with Crippen LogP contribution in [0.4, 0.5) is 0 Å². The van der Waals surface area contributed by atoms with Gasteiger partial charge in [0.25, 0.3) is 20.2 Å². The lowest BCUT2D eigenvalue weighted by molar-refractivity contribution is 0.0671. The van der Waals surface area contributed by atoms with Crippen molar-refractivity contribution in [3.8, 4) is 0 Å². The van der Waals surface area contributed by atoms with Crippen molar-refractivity contribution in [1.29, 1.82) is 0 Å². The molecule has 0 bridgehead atoms. The summed E-state index contributed by atoms with van der Waals surface area (Å²) in [6.07, 6.45) is 1.54. The second-order valence-corrected chi connectivity index (χ2v) is 8.39. The summed E-state index contributed by atoms with van der Waals surface area (Å²) in [5.74, 6) is -0.302. The summed E-state index contributed by atoms with van der Waals surface area (Å²) < 4.78 is 56.0. The van der Waals surface area contributed by atoms with Gasteiger partial charge in [-0.2, -0.15) is 16.8 Å². The van der Waals surface area contributed by atoms with E-state index in [1.165, 1.54) is 20.8 Å². The molecule has 0 heterocycles. The third kappa shape index (κ3) is 8.18. The Balaban J connectivity index is 4.82. The molecule has 6 nitrogen and oxygen atoms in total. The SMILES string of the molecule is CCCCCC(OS(=O)(=O)CC)C(C)OS(=O)(=O)CC. The van der Waals surface area contributed by atoms with Gasteiger partial charge in [0.2, 0.25) is 0 Å². The van der Waals surface area contributed by atoms with E-state index in [4.69, 9.17) is 8.37 Å². The molecule has 0 aromatic rings. The van der Waals surface area contributed by atoms with Crippen molar-refractivity contribution < 1.29 is 25.2 Å². The molecule has 0 amide bonds. The lowest BCUT2D eigenvalue weighted by atomic mass is 10.1. The fourth-order valence-electron chi connectivity index (χ4n) is 1.57. The maximum Gasteiger partial charge on any atom is 0.267 e. The molecule has 0 aliphatic heterocycles. The molecule has 0 aromatic carbocycles. The minimum Gasteiger partial charge on any atom is -0.264 e. The van der Waals surface area contributed by atoms with Crippen molar-refractivity contribution in [1.82, 2.24) is 0 Å². The second kappa shape index (κ2) is 8.96.